The van der Waals surface area contributed by atoms with Crippen LogP contribution in [0.3, 0.4) is 0 Å². The highest BCUT2D eigenvalue weighted by Crippen LogP contribution is 2.25. The zero-order valence-corrected chi connectivity index (χ0v) is 16.7. The molecular formula is C20H26F2N4O2. The summed E-state index contributed by atoms with van der Waals surface area (Å²) in [5.41, 5.74) is 0.867. The molecule has 0 aliphatic rings. The van der Waals surface area contributed by atoms with Crippen molar-refractivity contribution >= 4 is 28.8 Å². The highest BCUT2D eigenvalue weighted by atomic mass is 19.3. The molecule has 8 heteroatoms. The Morgan fingerprint density at radius 3 is 2.71 bits per heavy atom. The van der Waals surface area contributed by atoms with E-state index < -0.39 is 24.0 Å². The number of carbonyl (C=O) groups is 1. The molecule has 1 N–H and O–H groups in total. The van der Waals surface area contributed by atoms with E-state index in [0.717, 1.165) is 10.9 Å². The van der Waals surface area contributed by atoms with Gasteiger partial charge in [-0.2, -0.15) is 13.9 Å². The third-order valence-electron chi connectivity index (χ3n) is 4.28. The molecule has 2 rings (SSSR count). The number of aromatic nitrogens is 2. The fourth-order valence-corrected chi connectivity index (χ4v) is 2.79. The largest absolute Gasteiger partial charge is 0.488 e. The van der Waals surface area contributed by atoms with Gasteiger partial charge >= 0.3 is 5.92 Å². The number of hydrogen-bond donors (Lipinski definition) is 1. The molecule has 0 fully saturated rings. The molecule has 0 unspecified atom stereocenters. The normalized spacial score (nSPS) is 15.0. The topological polar surface area (TPSA) is 68.5 Å². The maximum Gasteiger partial charge on any atom is 0.321 e. The lowest BCUT2D eigenvalue weighted by Crippen LogP contribution is -2.48. The lowest BCUT2D eigenvalue weighted by atomic mass is 10.1. The third kappa shape index (κ3) is 4.94. The summed E-state index contributed by atoms with van der Waals surface area (Å²) in [7, 11) is 0. The first-order valence-corrected chi connectivity index (χ1v) is 9.19. The van der Waals surface area contributed by atoms with Gasteiger partial charge in [0.25, 0.3) is 5.91 Å². The first-order chi connectivity index (χ1) is 13.2. The van der Waals surface area contributed by atoms with Crippen molar-refractivity contribution in [3.05, 3.63) is 30.5 Å². The summed E-state index contributed by atoms with van der Waals surface area (Å²) >= 11 is 0. The van der Waals surface area contributed by atoms with Crippen LogP contribution in [-0.4, -0.2) is 40.0 Å². The van der Waals surface area contributed by atoms with Gasteiger partial charge in [0, 0.05) is 18.5 Å². The van der Waals surface area contributed by atoms with Crippen molar-refractivity contribution in [3.63, 3.8) is 0 Å². The van der Waals surface area contributed by atoms with Crippen LogP contribution in [0, 0.1) is 0 Å². The number of ether oxygens (including phenoxy) is 1. The molecule has 1 aromatic carbocycles. The summed E-state index contributed by atoms with van der Waals surface area (Å²) < 4.78 is 33.9. The number of nitrogens with one attached hydrogen (secondary N) is 1. The van der Waals surface area contributed by atoms with Crippen LogP contribution in [0.4, 0.5) is 8.78 Å². The standard InChI is InChI=1S/C20H26F2N4O2/c1-6-17(13(4)25-19(27)20(5,21)22)28-15-9-10-16-14(11-15)12-24-26(16)18(7-2)23-8-3/h7-13,17H,6H2,1-5H3,(H,25,27)/b18-7+,23-8?/t13-,17+/m0/s1. The second-order valence-corrected chi connectivity index (χ2v) is 6.53. The molecule has 0 bridgehead atoms. The van der Waals surface area contributed by atoms with Gasteiger partial charge in [-0.25, -0.2) is 9.67 Å². The number of aliphatic imine (C=N–C) groups is 1. The summed E-state index contributed by atoms with van der Waals surface area (Å²) in [5.74, 6) is -3.46. The smallest absolute Gasteiger partial charge is 0.321 e. The van der Waals surface area contributed by atoms with Gasteiger partial charge in [-0.1, -0.05) is 6.92 Å². The van der Waals surface area contributed by atoms with E-state index in [1.165, 1.54) is 0 Å². The number of nitrogens with zero attached hydrogens (tertiary/aromatic N) is 3. The van der Waals surface area contributed by atoms with Gasteiger partial charge in [0.1, 0.15) is 17.7 Å². The van der Waals surface area contributed by atoms with E-state index in [4.69, 9.17) is 4.74 Å². The number of hydrogen-bond acceptors (Lipinski definition) is 4. The fourth-order valence-electron chi connectivity index (χ4n) is 2.79. The number of rotatable bonds is 8. The Kier molecular flexibility index (Phi) is 6.88. The van der Waals surface area contributed by atoms with Gasteiger partial charge in [-0.15, -0.1) is 0 Å². The number of allylic oxidation sites excluding steroid dienone is 1. The van der Waals surface area contributed by atoms with Gasteiger partial charge in [-0.05, 0) is 51.5 Å². The van der Waals surface area contributed by atoms with E-state index >= 15 is 0 Å². The molecule has 28 heavy (non-hydrogen) atoms. The molecule has 0 saturated heterocycles. The minimum atomic E-state index is -3.43. The van der Waals surface area contributed by atoms with E-state index in [1.54, 1.807) is 30.1 Å². The number of fused-ring (bicyclic) bond motifs is 1. The monoisotopic (exact) mass is 392 g/mol. The van der Waals surface area contributed by atoms with E-state index in [9.17, 15) is 13.6 Å². The lowest BCUT2D eigenvalue weighted by Gasteiger charge is -2.26. The zero-order chi connectivity index (χ0) is 20.9. The van der Waals surface area contributed by atoms with E-state index in [-0.39, 0.29) is 0 Å². The number of alkyl halides is 2. The first kappa shape index (κ1) is 21.5. The predicted octanol–water partition coefficient (Wildman–Crippen LogP) is 4.26. The highest BCUT2D eigenvalue weighted by molar-refractivity contribution is 5.84. The Hall–Kier alpha value is -2.77. The molecule has 1 amide bonds. The van der Waals surface area contributed by atoms with Crippen LogP contribution in [0.15, 0.2) is 35.5 Å². The van der Waals surface area contributed by atoms with Gasteiger partial charge in [0.2, 0.25) is 0 Å². The van der Waals surface area contributed by atoms with Crippen LogP contribution < -0.4 is 10.1 Å². The molecule has 2 atom stereocenters. The first-order valence-electron chi connectivity index (χ1n) is 9.19. The van der Waals surface area contributed by atoms with Crippen LogP contribution in [0.25, 0.3) is 16.7 Å². The van der Waals surface area contributed by atoms with Crippen LogP contribution >= 0.6 is 0 Å². The summed E-state index contributed by atoms with van der Waals surface area (Å²) in [6, 6.07) is 4.90. The Morgan fingerprint density at radius 1 is 1.43 bits per heavy atom. The fraction of sp³-hybridized carbons (Fsp3) is 0.450. The van der Waals surface area contributed by atoms with Crippen molar-refractivity contribution in [2.75, 3.05) is 0 Å². The van der Waals surface area contributed by atoms with Crippen LogP contribution in [0.5, 0.6) is 5.75 Å². The number of amides is 1. The third-order valence-corrected chi connectivity index (χ3v) is 4.28. The second kappa shape index (κ2) is 8.95. The van der Waals surface area contributed by atoms with E-state index in [0.29, 0.717) is 24.9 Å². The van der Waals surface area contributed by atoms with E-state index in [1.807, 2.05) is 39.0 Å². The molecule has 0 spiro atoms. The summed E-state index contributed by atoms with van der Waals surface area (Å²) in [4.78, 5) is 15.8. The predicted molar refractivity (Wildman–Crippen MR) is 107 cm³/mol. The van der Waals surface area contributed by atoms with Gasteiger partial charge in [-0.3, -0.25) is 4.79 Å². The summed E-state index contributed by atoms with van der Waals surface area (Å²) in [6.07, 6.45) is 5.36. The molecular weight excluding hydrogens is 366 g/mol. The molecule has 0 aliphatic heterocycles. The Balaban J connectivity index is 2.20. The Bertz CT molecular complexity index is 884. The lowest BCUT2D eigenvalue weighted by molar-refractivity contribution is -0.144. The Labute approximate surface area is 163 Å². The molecule has 152 valence electrons. The van der Waals surface area contributed by atoms with Crippen molar-refractivity contribution in [1.82, 2.24) is 15.1 Å². The molecule has 2 aromatic rings. The van der Waals surface area contributed by atoms with Crippen LogP contribution in [-0.2, 0) is 4.79 Å². The molecule has 0 radical (unpaired) electrons. The SMILES string of the molecule is CC=N/C(=C\C)n1ncc2cc(O[C@H](CC)[C@H](C)NC(=O)C(C)(F)F)ccc21. The van der Waals surface area contributed by atoms with Crippen molar-refractivity contribution < 1.29 is 18.3 Å². The number of halogens is 2. The molecule has 0 saturated carbocycles. The second-order valence-electron chi connectivity index (χ2n) is 6.53. The van der Waals surface area contributed by atoms with Crippen molar-refractivity contribution in [2.24, 2.45) is 4.99 Å². The quantitative estimate of drug-likeness (QED) is 0.683. The van der Waals surface area contributed by atoms with Crippen LogP contribution in [0.2, 0.25) is 0 Å². The van der Waals surface area contributed by atoms with Gasteiger partial charge in [0.05, 0.1) is 17.8 Å². The van der Waals surface area contributed by atoms with Crippen molar-refractivity contribution in [1.29, 1.82) is 0 Å². The summed E-state index contributed by atoms with van der Waals surface area (Å²) in [6.45, 7) is 7.81. The zero-order valence-electron chi connectivity index (χ0n) is 16.7. The number of benzene rings is 1. The average molecular weight is 392 g/mol. The van der Waals surface area contributed by atoms with E-state index in [2.05, 4.69) is 15.4 Å². The molecule has 1 heterocycles. The van der Waals surface area contributed by atoms with Crippen molar-refractivity contribution in [3.8, 4) is 5.75 Å². The van der Waals surface area contributed by atoms with Gasteiger partial charge < -0.3 is 10.1 Å². The minimum Gasteiger partial charge on any atom is -0.488 e. The maximum atomic E-state index is 13.1. The molecule has 0 aliphatic carbocycles. The molecule has 6 nitrogen and oxygen atoms in total. The van der Waals surface area contributed by atoms with Gasteiger partial charge in [0.15, 0.2) is 0 Å². The Morgan fingerprint density at radius 2 is 2.14 bits per heavy atom. The van der Waals surface area contributed by atoms with Crippen molar-refractivity contribution in [2.45, 2.75) is 59.1 Å². The summed E-state index contributed by atoms with van der Waals surface area (Å²) in [5, 5.41) is 7.54. The van der Waals surface area contributed by atoms with Crippen LogP contribution in [0.1, 0.15) is 41.0 Å². The minimum absolute atomic E-state index is 0.449. The number of carbonyl (C=O) groups excluding carboxylic acids is 1. The average Bonchev–Trinajstić information content (AvgIpc) is 3.06. The molecule has 1 aromatic heterocycles. The highest BCUT2D eigenvalue weighted by Gasteiger charge is 2.34. The maximum absolute atomic E-state index is 13.1.